The third kappa shape index (κ3) is 2.33. The summed E-state index contributed by atoms with van der Waals surface area (Å²) < 4.78 is 5.56. The first-order chi connectivity index (χ1) is 11.2. The standard InChI is InChI=1S/C19H16N2O2/c1-19(9-10-20-21-19)15-8-7-14-11-16(13-5-3-2-4-6-13)18(22)23-17(14)12-15/h2-12,20-21H,1H3. The average molecular weight is 304 g/mol. The molecule has 4 heteroatoms. The summed E-state index contributed by atoms with van der Waals surface area (Å²) in [7, 11) is 0. The van der Waals surface area contributed by atoms with Crippen LogP contribution in [0.2, 0.25) is 0 Å². The van der Waals surface area contributed by atoms with Crippen molar-refractivity contribution < 1.29 is 4.42 Å². The second-order valence-electron chi connectivity index (χ2n) is 5.87. The van der Waals surface area contributed by atoms with E-state index in [4.69, 9.17) is 4.42 Å². The number of benzene rings is 2. The number of hydrazine groups is 1. The lowest BCUT2D eigenvalue weighted by molar-refractivity contribution is 0.453. The smallest absolute Gasteiger partial charge is 0.344 e. The summed E-state index contributed by atoms with van der Waals surface area (Å²) in [6.45, 7) is 2.06. The second kappa shape index (κ2) is 5.11. The molecule has 4 nitrogen and oxygen atoms in total. The van der Waals surface area contributed by atoms with Crippen LogP contribution in [0.15, 0.2) is 76.1 Å². The lowest BCUT2D eigenvalue weighted by atomic mass is 9.92. The van der Waals surface area contributed by atoms with Crippen LogP contribution < -0.4 is 16.5 Å². The predicted molar refractivity (Wildman–Crippen MR) is 90.7 cm³/mol. The highest BCUT2D eigenvalue weighted by molar-refractivity contribution is 5.82. The van der Waals surface area contributed by atoms with Crippen molar-refractivity contribution in [1.82, 2.24) is 10.9 Å². The molecule has 2 heterocycles. The number of nitrogens with one attached hydrogen (secondary N) is 2. The van der Waals surface area contributed by atoms with Crippen molar-refractivity contribution in [2.24, 2.45) is 0 Å². The summed E-state index contributed by atoms with van der Waals surface area (Å²) in [5, 5.41) is 0.908. The number of fused-ring (bicyclic) bond motifs is 1. The SMILES string of the molecule is CC1(c2ccc3cc(-c4ccccc4)c(=O)oc3c2)C=CNN1. The van der Waals surface area contributed by atoms with Gasteiger partial charge in [-0.3, -0.25) is 0 Å². The molecule has 1 unspecified atom stereocenters. The zero-order valence-electron chi connectivity index (χ0n) is 12.7. The van der Waals surface area contributed by atoms with Crippen molar-refractivity contribution in [3.8, 4) is 11.1 Å². The van der Waals surface area contributed by atoms with Gasteiger partial charge in [-0.2, -0.15) is 0 Å². The molecule has 2 aromatic carbocycles. The van der Waals surface area contributed by atoms with Crippen molar-refractivity contribution in [2.75, 3.05) is 0 Å². The van der Waals surface area contributed by atoms with Gasteiger partial charge in [-0.05, 0) is 36.3 Å². The molecule has 0 amide bonds. The molecule has 4 rings (SSSR count). The van der Waals surface area contributed by atoms with Crippen LogP contribution in [-0.2, 0) is 5.54 Å². The van der Waals surface area contributed by atoms with E-state index >= 15 is 0 Å². The Kier molecular flexibility index (Phi) is 3.06. The molecule has 0 saturated heterocycles. The van der Waals surface area contributed by atoms with E-state index in [-0.39, 0.29) is 11.2 Å². The summed E-state index contributed by atoms with van der Waals surface area (Å²) in [5.74, 6) is 0. The first-order valence-corrected chi connectivity index (χ1v) is 7.50. The Bertz CT molecular complexity index is 960. The van der Waals surface area contributed by atoms with Crippen molar-refractivity contribution in [2.45, 2.75) is 12.5 Å². The molecule has 0 saturated carbocycles. The Morgan fingerprint density at radius 3 is 2.61 bits per heavy atom. The van der Waals surface area contributed by atoms with Crippen LogP contribution >= 0.6 is 0 Å². The van der Waals surface area contributed by atoms with E-state index < -0.39 is 0 Å². The predicted octanol–water partition coefficient (Wildman–Crippen LogP) is 3.30. The summed E-state index contributed by atoms with van der Waals surface area (Å²) >= 11 is 0. The number of rotatable bonds is 2. The quantitative estimate of drug-likeness (QED) is 0.713. The molecule has 114 valence electrons. The molecule has 0 aliphatic carbocycles. The van der Waals surface area contributed by atoms with Crippen molar-refractivity contribution in [3.63, 3.8) is 0 Å². The van der Waals surface area contributed by atoms with Crippen LogP contribution in [0.5, 0.6) is 0 Å². The van der Waals surface area contributed by atoms with Crippen LogP contribution in [0.1, 0.15) is 12.5 Å². The van der Waals surface area contributed by atoms with E-state index in [1.54, 1.807) is 0 Å². The second-order valence-corrected chi connectivity index (χ2v) is 5.87. The molecule has 1 aliphatic rings. The van der Waals surface area contributed by atoms with Gasteiger partial charge < -0.3 is 9.84 Å². The molecule has 3 aromatic rings. The zero-order valence-corrected chi connectivity index (χ0v) is 12.7. The summed E-state index contributed by atoms with van der Waals surface area (Å²) in [5.41, 5.74) is 8.60. The van der Waals surface area contributed by atoms with Crippen LogP contribution in [-0.4, -0.2) is 0 Å². The van der Waals surface area contributed by atoms with Gasteiger partial charge >= 0.3 is 5.63 Å². The van der Waals surface area contributed by atoms with Crippen LogP contribution in [0.3, 0.4) is 0 Å². The molecular formula is C19H16N2O2. The summed E-state index contributed by atoms with van der Waals surface area (Å²) in [6, 6.07) is 17.4. The van der Waals surface area contributed by atoms with Crippen molar-refractivity contribution >= 4 is 11.0 Å². The van der Waals surface area contributed by atoms with E-state index in [0.29, 0.717) is 11.1 Å². The van der Waals surface area contributed by atoms with Crippen LogP contribution in [0.4, 0.5) is 0 Å². The van der Waals surface area contributed by atoms with Gasteiger partial charge in [0.2, 0.25) is 0 Å². The molecule has 0 spiro atoms. The number of hydrogen-bond acceptors (Lipinski definition) is 4. The molecule has 0 bridgehead atoms. The lowest BCUT2D eigenvalue weighted by Gasteiger charge is -2.22. The highest BCUT2D eigenvalue weighted by Crippen LogP contribution is 2.28. The minimum Gasteiger partial charge on any atom is -0.422 e. The fourth-order valence-corrected chi connectivity index (χ4v) is 2.86. The van der Waals surface area contributed by atoms with Gasteiger partial charge in [0.15, 0.2) is 0 Å². The highest BCUT2D eigenvalue weighted by atomic mass is 16.4. The Morgan fingerprint density at radius 1 is 1.04 bits per heavy atom. The van der Waals surface area contributed by atoms with E-state index in [1.165, 1.54) is 0 Å². The lowest BCUT2D eigenvalue weighted by Crippen LogP contribution is -2.39. The molecule has 1 aliphatic heterocycles. The van der Waals surface area contributed by atoms with Gasteiger partial charge in [0, 0.05) is 11.6 Å². The third-order valence-electron chi connectivity index (χ3n) is 4.25. The zero-order chi connectivity index (χ0) is 15.9. The third-order valence-corrected chi connectivity index (χ3v) is 4.25. The first-order valence-electron chi connectivity index (χ1n) is 7.50. The van der Waals surface area contributed by atoms with Crippen LogP contribution in [0, 0.1) is 0 Å². The fraction of sp³-hybridized carbons (Fsp3) is 0.105. The van der Waals surface area contributed by atoms with Gasteiger partial charge in [0.1, 0.15) is 5.58 Å². The minimum absolute atomic E-state index is 0.315. The maximum atomic E-state index is 12.3. The Hall–Kier alpha value is -2.85. The van der Waals surface area contributed by atoms with Crippen molar-refractivity contribution in [1.29, 1.82) is 0 Å². The molecule has 1 aromatic heterocycles. The molecular weight excluding hydrogens is 288 g/mol. The van der Waals surface area contributed by atoms with Crippen molar-refractivity contribution in [3.05, 3.63) is 82.9 Å². The minimum atomic E-state index is -0.320. The average Bonchev–Trinajstić information content (AvgIpc) is 3.02. The molecule has 23 heavy (non-hydrogen) atoms. The molecule has 2 N–H and O–H groups in total. The van der Waals surface area contributed by atoms with Crippen LogP contribution in [0.25, 0.3) is 22.1 Å². The maximum Gasteiger partial charge on any atom is 0.344 e. The largest absolute Gasteiger partial charge is 0.422 e. The Morgan fingerprint density at radius 2 is 1.87 bits per heavy atom. The number of hydrogen-bond donors (Lipinski definition) is 2. The van der Waals surface area contributed by atoms with Gasteiger partial charge in [-0.25, -0.2) is 10.2 Å². The van der Waals surface area contributed by atoms with E-state index in [1.807, 2.05) is 66.9 Å². The monoisotopic (exact) mass is 304 g/mol. The first kappa shape index (κ1) is 13.8. The Balaban J connectivity index is 1.86. The normalized spacial score (nSPS) is 19.9. The van der Waals surface area contributed by atoms with Gasteiger partial charge in [-0.15, -0.1) is 0 Å². The summed E-state index contributed by atoms with van der Waals surface area (Å²) in [4.78, 5) is 12.3. The topological polar surface area (TPSA) is 54.3 Å². The molecule has 0 radical (unpaired) electrons. The van der Waals surface area contributed by atoms with E-state index in [9.17, 15) is 4.79 Å². The van der Waals surface area contributed by atoms with E-state index in [0.717, 1.165) is 16.5 Å². The van der Waals surface area contributed by atoms with E-state index in [2.05, 4.69) is 17.8 Å². The molecule has 1 atom stereocenters. The summed E-state index contributed by atoms with van der Waals surface area (Å²) in [6.07, 6.45) is 3.89. The van der Waals surface area contributed by atoms with Gasteiger partial charge in [0.05, 0.1) is 11.1 Å². The fourth-order valence-electron chi connectivity index (χ4n) is 2.86. The van der Waals surface area contributed by atoms with Gasteiger partial charge in [0.25, 0.3) is 0 Å². The van der Waals surface area contributed by atoms with Gasteiger partial charge in [-0.1, -0.05) is 42.5 Å². The molecule has 0 fully saturated rings. The Labute approximate surface area is 133 Å². The maximum absolute atomic E-state index is 12.3. The highest BCUT2D eigenvalue weighted by Gasteiger charge is 2.26.